The smallest absolute Gasteiger partial charge is 0.109 e. The van der Waals surface area contributed by atoms with Gasteiger partial charge < -0.3 is 10.6 Å². The van der Waals surface area contributed by atoms with Crippen LogP contribution in [0.5, 0.6) is 0 Å². The summed E-state index contributed by atoms with van der Waals surface area (Å²) < 4.78 is 0. The van der Waals surface area contributed by atoms with Gasteiger partial charge in [0.15, 0.2) is 0 Å². The molecule has 5 heteroatoms. The van der Waals surface area contributed by atoms with E-state index in [9.17, 15) is 0 Å². The summed E-state index contributed by atoms with van der Waals surface area (Å²) in [6, 6.07) is 0. The summed E-state index contributed by atoms with van der Waals surface area (Å²) in [6.07, 6.45) is 21.8. The third-order valence-electron chi connectivity index (χ3n) is 3.90. The molecule has 0 aromatic rings. The van der Waals surface area contributed by atoms with Crippen LogP contribution in [0.2, 0.25) is 0 Å². The first-order valence-corrected chi connectivity index (χ1v) is 7.71. The van der Waals surface area contributed by atoms with Gasteiger partial charge >= 0.3 is 0 Å². The summed E-state index contributed by atoms with van der Waals surface area (Å²) in [6.45, 7) is 0. The fraction of sp³-hybridized carbons (Fsp3) is 0. The summed E-state index contributed by atoms with van der Waals surface area (Å²) in [4.78, 5) is 13.8. The Hall–Kier alpha value is -3.47. The van der Waals surface area contributed by atoms with E-state index in [0.717, 1.165) is 45.7 Å². The molecule has 0 saturated heterocycles. The van der Waals surface area contributed by atoms with Crippen molar-refractivity contribution in [1.82, 2.24) is 10.6 Å². The first kappa shape index (κ1) is 13.0. The van der Waals surface area contributed by atoms with E-state index in [4.69, 9.17) is 0 Å². The van der Waals surface area contributed by atoms with Gasteiger partial charge in [0.1, 0.15) is 5.82 Å². The topological polar surface area (TPSA) is 61.1 Å². The Morgan fingerprint density at radius 2 is 1.12 bits per heavy atom. The van der Waals surface area contributed by atoms with E-state index in [-0.39, 0.29) is 0 Å². The maximum atomic E-state index is 4.60. The van der Waals surface area contributed by atoms with Crippen molar-refractivity contribution in [3.63, 3.8) is 0 Å². The van der Waals surface area contributed by atoms with E-state index in [0.29, 0.717) is 0 Å². The number of rotatable bonds is 0. The largest absolute Gasteiger partial charge is 0.346 e. The van der Waals surface area contributed by atoms with Gasteiger partial charge in [0.25, 0.3) is 0 Å². The Kier molecular flexibility index (Phi) is 2.72. The lowest BCUT2D eigenvalue weighted by molar-refractivity contribution is 0.972. The molecule has 24 heavy (non-hydrogen) atoms. The molecule has 0 aromatic heterocycles. The molecule has 0 amide bonds. The second-order valence-electron chi connectivity index (χ2n) is 5.74. The molecular weight excluding hydrogens is 298 g/mol. The Morgan fingerprint density at radius 1 is 0.583 bits per heavy atom. The highest BCUT2D eigenvalue weighted by Gasteiger charge is 2.12. The van der Waals surface area contributed by atoms with Crippen molar-refractivity contribution in [3.05, 3.63) is 95.6 Å². The molecule has 0 aliphatic carbocycles. The number of fused-ring (bicyclic) bond motifs is 5. The molecule has 0 spiro atoms. The molecule has 2 N–H and O–H groups in total. The van der Waals surface area contributed by atoms with Gasteiger partial charge in [0.05, 0.1) is 39.9 Å². The van der Waals surface area contributed by atoms with Crippen LogP contribution in [0, 0.1) is 0 Å². The van der Waals surface area contributed by atoms with Gasteiger partial charge in [0, 0.05) is 12.3 Å². The zero-order valence-corrected chi connectivity index (χ0v) is 12.7. The second kappa shape index (κ2) is 5.03. The SMILES string of the molecule is C1=CC2=NC1=CC1=CNC(=CC3=NC(=CC4=NC(=C2)C=C4)C=C3)N1. The third-order valence-corrected chi connectivity index (χ3v) is 3.90. The van der Waals surface area contributed by atoms with Gasteiger partial charge in [-0.1, -0.05) is 0 Å². The molecule has 5 nitrogen and oxygen atoms in total. The van der Waals surface area contributed by atoms with Crippen LogP contribution >= 0.6 is 0 Å². The molecule has 0 saturated carbocycles. The molecule has 0 aromatic carbocycles. The van der Waals surface area contributed by atoms with Gasteiger partial charge in [-0.15, -0.1) is 0 Å². The lowest BCUT2D eigenvalue weighted by Gasteiger charge is -2.01. The van der Waals surface area contributed by atoms with Crippen LogP contribution in [0.15, 0.2) is 111 Å². The highest BCUT2D eigenvalue weighted by atomic mass is 15.1. The Morgan fingerprint density at radius 3 is 1.75 bits per heavy atom. The van der Waals surface area contributed by atoms with Crippen molar-refractivity contribution < 1.29 is 0 Å². The fourth-order valence-electron chi connectivity index (χ4n) is 2.81. The zero-order valence-electron chi connectivity index (χ0n) is 12.7. The van der Waals surface area contributed by atoms with Crippen molar-refractivity contribution in [2.24, 2.45) is 15.0 Å². The van der Waals surface area contributed by atoms with E-state index in [2.05, 4.69) is 25.6 Å². The Bertz CT molecular complexity index is 985. The highest BCUT2D eigenvalue weighted by Crippen LogP contribution is 2.19. The minimum absolute atomic E-state index is 0.894. The van der Waals surface area contributed by atoms with Gasteiger partial charge in [-0.05, 0) is 54.7 Å². The number of nitrogens with one attached hydrogen (secondary N) is 2. The molecule has 5 rings (SSSR count). The molecule has 8 bridgehead atoms. The molecule has 0 radical (unpaired) electrons. The predicted octanol–water partition coefficient (Wildman–Crippen LogP) is 2.56. The lowest BCUT2D eigenvalue weighted by atomic mass is 10.2. The van der Waals surface area contributed by atoms with E-state index in [1.807, 2.05) is 67.0 Å². The van der Waals surface area contributed by atoms with Crippen LogP contribution in [0.4, 0.5) is 0 Å². The van der Waals surface area contributed by atoms with Crippen LogP contribution in [-0.4, -0.2) is 17.1 Å². The summed E-state index contributed by atoms with van der Waals surface area (Å²) >= 11 is 0. The molecule has 0 atom stereocenters. The molecule has 0 unspecified atom stereocenters. The van der Waals surface area contributed by atoms with Gasteiger partial charge in [-0.3, -0.25) is 0 Å². The van der Waals surface area contributed by atoms with E-state index in [1.165, 1.54) is 0 Å². The minimum Gasteiger partial charge on any atom is -0.346 e. The summed E-state index contributed by atoms with van der Waals surface area (Å²) in [5.74, 6) is 0.894. The van der Waals surface area contributed by atoms with Crippen LogP contribution in [0.25, 0.3) is 0 Å². The molecular formula is C19H13N5. The monoisotopic (exact) mass is 311 g/mol. The lowest BCUT2D eigenvalue weighted by Crippen LogP contribution is -2.13. The molecule has 114 valence electrons. The van der Waals surface area contributed by atoms with Gasteiger partial charge in [-0.25, -0.2) is 15.0 Å². The van der Waals surface area contributed by atoms with Crippen molar-refractivity contribution in [2.75, 3.05) is 0 Å². The van der Waals surface area contributed by atoms with Crippen molar-refractivity contribution in [1.29, 1.82) is 0 Å². The van der Waals surface area contributed by atoms with Gasteiger partial charge in [-0.2, -0.15) is 0 Å². The number of hydrogen-bond acceptors (Lipinski definition) is 5. The van der Waals surface area contributed by atoms with Crippen LogP contribution in [-0.2, 0) is 0 Å². The van der Waals surface area contributed by atoms with Crippen molar-refractivity contribution in [2.45, 2.75) is 0 Å². The number of hydrogen-bond donors (Lipinski definition) is 2. The van der Waals surface area contributed by atoms with Crippen LogP contribution in [0.3, 0.4) is 0 Å². The van der Waals surface area contributed by atoms with E-state index in [1.54, 1.807) is 0 Å². The molecule has 0 fully saturated rings. The number of allylic oxidation sites excluding steroid dienone is 10. The average molecular weight is 311 g/mol. The van der Waals surface area contributed by atoms with Crippen molar-refractivity contribution in [3.8, 4) is 0 Å². The first-order valence-electron chi connectivity index (χ1n) is 7.71. The first-order chi connectivity index (χ1) is 11.8. The maximum absolute atomic E-state index is 4.60. The molecule has 5 aliphatic rings. The van der Waals surface area contributed by atoms with Crippen molar-refractivity contribution >= 4 is 17.1 Å². The minimum atomic E-state index is 0.894. The Labute approximate surface area is 139 Å². The van der Waals surface area contributed by atoms with Crippen LogP contribution in [0.1, 0.15) is 0 Å². The Balaban J connectivity index is 1.61. The highest BCUT2D eigenvalue weighted by molar-refractivity contribution is 6.12. The number of aliphatic imine (C=N–C) groups is 3. The fourth-order valence-corrected chi connectivity index (χ4v) is 2.81. The number of nitrogens with zero attached hydrogens (tertiary/aromatic N) is 3. The second-order valence-corrected chi connectivity index (χ2v) is 5.74. The summed E-state index contributed by atoms with van der Waals surface area (Å²) in [5, 5.41) is 6.52. The summed E-state index contributed by atoms with van der Waals surface area (Å²) in [7, 11) is 0. The maximum Gasteiger partial charge on any atom is 0.109 e. The predicted molar refractivity (Wildman–Crippen MR) is 96.4 cm³/mol. The molecule has 5 aliphatic heterocycles. The van der Waals surface area contributed by atoms with Crippen LogP contribution < -0.4 is 10.6 Å². The quantitative estimate of drug-likeness (QED) is 0.722. The van der Waals surface area contributed by atoms with E-state index < -0.39 is 0 Å². The standard InChI is InChI=1S/C19H13N5/c1-2-13-8-15-5-6-17(23-15)10-19-20-11-18(24-19)9-16-4-3-14(22-16)7-12(1)21-13/h1-11,20,24H. The summed E-state index contributed by atoms with van der Waals surface area (Å²) in [5.41, 5.74) is 6.34. The van der Waals surface area contributed by atoms with Gasteiger partial charge in [0.2, 0.25) is 0 Å². The average Bonchev–Trinajstić information content (AvgIpc) is 3.32. The third kappa shape index (κ3) is 2.42. The zero-order chi connectivity index (χ0) is 15.9. The molecule has 5 heterocycles. The normalized spacial score (nSPS) is 22.7. The van der Waals surface area contributed by atoms with E-state index >= 15 is 0 Å².